The summed E-state index contributed by atoms with van der Waals surface area (Å²) in [5.41, 5.74) is 0. The van der Waals surface area contributed by atoms with Crippen LogP contribution in [0.15, 0.2) is 12.3 Å². The van der Waals surface area contributed by atoms with E-state index in [9.17, 15) is 4.79 Å². The molecule has 1 saturated carbocycles. The van der Waals surface area contributed by atoms with Crippen molar-refractivity contribution in [1.82, 2.24) is 10.6 Å². The lowest BCUT2D eigenvalue weighted by Gasteiger charge is -2.22. The van der Waals surface area contributed by atoms with E-state index in [1.165, 1.54) is 0 Å². The van der Waals surface area contributed by atoms with Crippen molar-refractivity contribution >= 4 is 5.91 Å². The van der Waals surface area contributed by atoms with Crippen LogP contribution in [0, 0.1) is 0 Å². The first-order chi connectivity index (χ1) is 7.75. The molecule has 0 aromatic rings. The molecule has 0 radical (unpaired) electrons. The van der Waals surface area contributed by atoms with E-state index >= 15 is 0 Å². The molecule has 2 atom stereocenters. The Labute approximate surface area is 96.4 Å². The predicted octanol–water partition coefficient (Wildman–Crippen LogP) is 0.936. The minimum absolute atomic E-state index is 0.105. The SMILES string of the molecule is CC(NCC1CCC=CO1)C(=O)NC1CC1. The van der Waals surface area contributed by atoms with Crippen LogP contribution in [-0.2, 0) is 9.53 Å². The Balaban J connectivity index is 1.63. The second kappa shape index (κ2) is 5.34. The Bertz CT molecular complexity index is 274. The summed E-state index contributed by atoms with van der Waals surface area (Å²) in [5.74, 6) is 0.105. The first-order valence-electron chi connectivity index (χ1n) is 6.10. The van der Waals surface area contributed by atoms with Gasteiger partial charge in [-0.1, -0.05) is 0 Å². The van der Waals surface area contributed by atoms with E-state index in [2.05, 4.69) is 10.6 Å². The molecule has 4 heteroatoms. The minimum Gasteiger partial charge on any atom is -0.497 e. The van der Waals surface area contributed by atoms with Crippen LogP contribution in [0.2, 0.25) is 0 Å². The van der Waals surface area contributed by atoms with E-state index in [1.807, 2.05) is 13.0 Å². The van der Waals surface area contributed by atoms with Crippen LogP contribution >= 0.6 is 0 Å². The molecule has 1 amide bonds. The normalized spacial score (nSPS) is 25.9. The van der Waals surface area contributed by atoms with Crippen LogP contribution in [0.25, 0.3) is 0 Å². The average Bonchev–Trinajstić information content (AvgIpc) is 3.11. The molecule has 2 rings (SSSR count). The summed E-state index contributed by atoms with van der Waals surface area (Å²) in [6, 6.07) is 0.306. The van der Waals surface area contributed by atoms with Crippen LogP contribution in [0.5, 0.6) is 0 Å². The number of nitrogens with one attached hydrogen (secondary N) is 2. The van der Waals surface area contributed by atoms with Crippen molar-refractivity contribution in [2.45, 2.75) is 50.8 Å². The molecule has 1 aliphatic heterocycles. The standard InChI is InChI=1S/C12H20N2O2/c1-9(12(15)14-10-5-6-10)13-8-11-4-2-3-7-16-11/h3,7,9-11,13H,2,4-6,8H2,1H3,(H,14,15). The van der Waals surface area contributed by atoms with E-state index in [-0.39, 0.29) is 18.1 Å². The third-order valence-electron chi connectivity index (χ3n) is 2.99. The zero-order chi connectivity index (χ0) is 11.4. The Hall–Kier alpha value is -1.03. The largest absolute Gasteiger partial charge is 0.497 e. The smallest absolute Gasteiger partial charge is 0.237 e. The fraction of sp³-hybridized carbons (Fsp3) is 0.750. The molecule has 90 valence electrons. The summed E-state index contributed by atoms with van der Waals surface area (Å²) in [4.78, 5) is 11.6. The molecule has 0 aromatic carbocycles. The van der Waals surface area contributed by atoms with Crippen LogP contribution in [0.3, 0.4) is 0 Å². The van der Waals surface area contributed by atoms with Gasteiger partial charge in [-0.2, -0.15) is 0 Å². The van der Waals surface area contributed by atoms with Gasteiger partial charge in [-0.05, 0) is 38.7 Å². The molecular weight excluding hydrogens is 204 g/mol. The van der Waals surface area contributed by atoms with Crippen molar-refractivity contribution < 1.29 is 9.53 Å². The minimum atomic E-state index is -0.130. The van der Waals surface area contributed by atoms with Gasteiger partial charge in [0.15, 0.2) is 0 Å². The molecule has 1 fully saturated rings. The van der Waals surface area contributed by atoms with Crippen LogP contribution in [0.4, 0.5) is 0 Å². The number of rotatable bonds is 5. The summed E-state index contributed by atoms with van der Waals surface area (Å²) in [7, 11) is 0. The Morgan fingerprint density at radius 1 is 1.50 bits per heavy atom. The quantitative estimate of drug-likeness (QED) is 0.730. The molecule has 4 nitrogen and oxygen atoms in total. The Morgan fingerprint density at radius 2 is 2.31 bits per heavy atom. The van der Waals surface area contributed by atoms with Gasteiger partial charge in [-0.15, -0.1) is 0 Å². The lowest BCUT2D eigenvalue weighted by molar-refractivity contribution is -0.123. The number of carbonyl (C=O) groups is 1. The second-order valence-electron chi connectivity index (χ2n) is 4.62. The molecule has 0 bridgehead atoms. The molecule has 2 N–H and O–H groups in total. The third-order valence-corrected chi connectivity index (χ3v) is 2.99. The van der Waals surface area contributed by atoms with Crippen molar-refractivity contribution in [3.8, 4) is 0 Å². The third kappa shape index (κ3) is 3.52. The van der Waals surface area contributed by atoms with Gasteiger partial charge in [0, 0.05) is 12.6 Å². The maximum absolute atomic E-state index is 11.6. The zero-order valence-corrected chi connectivity index (χ0v) is 9.74. The summed E-state index contributed by atoms with van der Waals surface area (Å²) >= 11 is 0. The number of hydrogen-bond acceptors (Lipinski definition) is 3. The van der Waals surface area contributed by atoms with E-state index in [4.69, 9.17) is 4.74 Å². The summed E-state index contributed by atoms with van der Waals surface area (Å²) in [6.45, 7) is 2.64. The van der Waals surface area contributed by atoms with Gasteiger partial charge in [0.2, 0.25) is 5.91 Å². The first-order valence-corrected chi connectivity index (χ1v) is 6.10. The van der Waals surface area contributed by atoms with Crippen LogP contribution in [-0.4, -0.2) is 30.6 Å². The monoisotopic (exact) mass is 224 g/mol. The molecule has 1 aliphatic carbocycles. The molecule has 2 aliphatic rings. The van der Waals surface area contributed by atoms with Gasteiger partial charge in [-0.3, -0.25) is 4.79 Å². The number of allylic oxidation sites excluding steroid dienone is 1. The Morgan fingerprint density at radius 3 is 2.94 bits per heavy atom. The van der Waals surface area contributed by atoms with Gasteiger partial charge >= 0.3 is 0 Å². The lowest BCUT2D eigenvalue weighted by Crippen LogP contribution is -2.45. The topological polar surface area (TPSA) is 50.4 Å². The van der Waals surface area contributed by atoms with Gasteiger partial charge in [0.25, 0.3) is 0 Å². The van der Waals surface area contributed by atoms with Crippen molar-refractivity contribution in [3.05, 3.63) is 12.3 Å². The average molecular weight is 224 g/mol. The molecule has 1 heterocycles. The highest BCUT2D eigenvalue weighted by Gasteiger charge is 2.25. The summed E-state index contributed by atoms with van der Waals surface area (Å²) in [6.07, 6.45) is 8.35. The number of carbonyl (C=O) groups excluding carboxylic acids is 1. The molecule has 16 heavy (non-hydrogen) atoms. The predicted molar refractivity (Wildman–Crippen MR) is 61.9 cm³/mol. The highest BCUT2D eigenvalue weighted by atomic mass is 16.5. The molecule has 0 aromatic heterocycles. The lowest BCUT2D eigenvalue weighted by atomic mass is 10.1. The first kappa shape index (κ1) is 11.5. The van der Waals surface area contributed by atoms with Crippen molar-refractivity contribution in [2.75, 3.05) is 6.54 Å². The van der Waals surface area contributed by atoms with Gasteiger partial charge in [0.05, 0.1) is 12.3 Å². The molecular formula is C12H20N2O2. The molecule has 0 spiro atoms. The molecule has 0 saturated heterocycles. The Kier molecular flexibility index (Phi) is 3.83. The van der Waals surface area contributed by atoms with Gasteiger partial charge in [-0.25, -0.2) is 0 Å². The second-order valence-corrected chi connectivity index (χ2v) is 4.62. The number of hydrogen-bond donors (Lipinski definition) is 2. The van der Waals surface area contributed by atoms with E-state index < -0.39 is 0 Å². The highest BCUT2D eigenvalue weighted by molar-refractivity contribution is 5.81. The summed E-state index contributed by atoms with van der Waals surface area (Å²) in [5, 5.41) is 6.20. The van der Waals surface area contributed by atoms with E-state index in [0.29, 0.717) is 6.04 Å². The molecule has 2 unspecified atom stereocenters. The van der Waals surface area contributed by atoms with Crippen molar-refractivity contribution in [1.29, 1.82) is 0 Å². The van der Waals surface area contributed by atoms with Gasteiger partial charge < -0.3 is 15.4 Å². The fourth-order valence-corrected chi connectivity index (χ4v) is 1.69. The van der Waals surface area contributed by atoms with E-state index in [0.717, 1.165) is 32.2 Å². The number of amides is 1. The fourth-order valence-electron chi connectivity index (χ4n) is 1.69. The maximum atomic E-state index is 11.6. The van der Waals surface area contributed by atoms with Crippen molar-refractivity contribution in [2.24, 2.45) is 0 Å². The maximum Gasteiger partial charge on any atom is 0.237 e. The van der Waals surface area contributed by atoms with E-state index in [1.54, 1.807) is 6.26 Å². The highest BCUT2D eigenvalue weighted by Crippen LogP contribution is 2.18. The summed E-state index contributed by atoms with van der Waals surface area (Å²) < 4.78 is 5.43. The van der Waals surface area contributed by atoms with Gasteiger partial charge in [0.1, 0.15) is 6.10 Å². The van der Waals surface area contributed by atoms with Crippen LogP contribution < -0.4 is 10.6 Å². The van der Waals surface area contributed by atoms with Crippen LogP contribution in [0.1, 0.15) is 32.6 Å². The zero-order valence-electron chi connectivity index (χ0n) is 9.74. The van der Waals surface area contributed by atoms with Crippen molar-refractivity contribution in [3.63, 3.8) is 0 Å². The number of ether oxygens (including phenoxy) is 1.